The summed E-state index contributed by atoms with van der Waals surface area (Å²) in [7, 11) is 0. The number of aliphatic hydroxyl groups excluding tert-OH is 1. The largest absolute Gasteiger partial charge is 0.461 e. The van der Waals surface area contributed by atoms with Crippen LogP contribution in [0.15, 0.2) is 0 Å². The second-order valence-electron chi connectivity index (χ2n) is 5.17. The fraction of sp³-hybridized carbons (Fsp3) is 0.917. The van der Waals surface area contributed by atoms with Crippen LogP contribution in [0.3, 0.4) is 0 Å². The van der Waals surface area contributed by atoms with Crippen molar-refractivity contribution in [2.24, 2.45) is 5.92 Å². The lowest BCUT2D eigenvalue weighted by molar-refractivity contribution is -0.153. The van der Waals surface area contributed by atoms with E-state index in [1.807, 2.05) is 0 Å². The third-order valence-electron chi connectivity index (χ3n) is 3.64. The molecule has 0 amide bonds. The number of ether oxygens (including phenoxy) is 1. The van der Waals surface area contributed by atoms with Gasteiger partial charge in [0, 0.05) is 13.0 Å². The normalized spacial score (nSPS) is 39.6. The fourth-order valence-corrected chi connectivity index (χ4v) is 2.49. The lowest BCUT2D eigenvalue weighted by atomic mass is 9.89. The SMILES string of the molecule is CC1CCC(OC(=O)C2CC(O)CN2)CC1. The van der Waals surface area contributed by atoms with Gasteiger partial charge in [-0.05, 0) is 31.6 Å². The molecule has 2 atom stereocenters. The van der Waals surface area contributed by atoms with Gasteiger partial charge < -0.3 is 15.2 Å². The van der Waals surface area contributed by atoms with Gasteiger partial charge in [0.1, 0.15) is 12.1 Å². The van der Waals surface area contributed by atoms with Crippen LogP contribution in [0.1, 0.15) is 39.0 Å². The van der Waals surface area contributed by atoms with Crippen LogP contribution in [0.5, 0.6) is 0 Å². The van der Waals surface area contributed by atoms with Crippen LogP contribution in [0.4, 0.5) is 0 Å². The van der Waals surface area contributed by atoms with Crippen LogP contribution in [-0.2, 0) is 9.53 Å². The van der Waals surface area contributed by atoms with Gasteiger partial charge in [0.05, 0.1) is 6.10 Å². The number of esters is 1. The van der Waals surface area contributed by atoms with Gasteiger partial charge >= 0.3 is 5.97 Å². The highest BCUT2D eigenvalue weighted by atomic mass is 16.5. The molecule has 1 saturated carbocycles. The molecule has 0 spiro atoms. The molecule has 0 aromatic rings. The molecule has 16 heavy (non-hydrogen) atoms. The minimum absolute atomic E-state index is 0.100. The quantitative estimate of drug-likeness (QED) is 0.686. The van der Waals surface area contributed by atoms with Gasteiger partial charge in [-0.15, -0.1) is 0 Å². The minimum atomic E-state index is -0.399. The fourth-order valence-electron chi connectivity index (χ4n) is 2.49. The Morgan fingerprint density at radius 2 is 2.00 bits per heavy atom. The van der Waals surface area contributed by atoms with Crippen molar-refractivity contribution >= 4 is 5.97 Å². The van der Waals surface area contributed by atoms with Crippen LogP contribution in [0.25, 0.3) is 0 Å². The highest BCUT2D eigenvalue weighted by molar-refractivity contribution is 5.76. The number of hydrogen-bond donors (Lipinski definition) is 2. The smallest absolute Gasteiger partial charge is 0.323 e. The van der Waals surface area contributed by atoms with E-state index in [1.165, 1.54) is 0 Å². The summed E-state index contributed by atoms with van der Waals surface area (Å²) in [4.78, 5) is 11.7. The second kappa shape index (κ2) is 5.15. The molecular formula is C12H21NO3. The molecule has 0 aromatic carbocycles. The Morgan fingerprint density at radius 3 is 2.56 bits per heavy atom. The van der Waals surface area contributed by atoms with E-state index in [1.54, 1.807) is 0 Å². The molecule has 0 bridgehead atoms. The van der Waals surface area contributed by atoms with E-state index in [2.05, 4.69) is 12.2 Å². The molecule has 2 aliphatic rings. The van der Waals surface area contributed by atoms with E-state index in [0.717, 1.165) is 31.6 Å². The van der Waals surface area contributed by atoms with Crippen molar-refractivity contribution in [1.29, 1.82) is 0 Å². The molecule has 1 heterocycles. The Balaban J connectivity index is 1.75. The van der Waals surface area contributed by atoms with Crippen molar-refractivity contribution in [3.8, 4) is 0 Å². The highest BCUT2D eigenvalue weighted by Crippen LogP contribution is 2.26. The standard InChI is InChI=1S/C12H21NO3/c1-8-2-4-10(5-3-8)16-12(15)11-6-9(14)7-13-11/h8-11,13-14H,2-7H2,1H3. The number of rotatable bonds is 2. The first kappa shape index (κ1) is 11.9. The summed E-state index contributed by atoms with van der Waals surface area (Å²) >= 11 is 0. The Kier molecular flexibility index (Phi) is 3.82. The molecule has 0 aromatic heterocycles. The summed E-state index contributed by atoms with van der Waals surface area (Å²) in [6, 6.07) is -0.297. The number of aliphatic hydroxyl groups is 1. The molecule has 4 nitrogen and oxygen atoms in total. The summed E-state index contributed by atoms with van der Waals surface area (Å²) < 4.78 is 5.46. The van der Waals surface area contributed by atoms with Crippen LogP contribution < -0.4 is 5.32 Å². The second-order valence-corrected chi connectivity index (χ2v) is 5.17. The summed E-state index contributed by atoms with van der Waals surface area (Å²) in [5.41, 5.74) is 0. The summed E-state index contributed by atoms with van der Waals surface area (Å²) in [6.45, 7) is 2.74. The highest BCUT2D eigenvalue weighted by Gasteiger charge is 2.31. The molecule has 0 radical (unpaired) electrons. The lowest BCUT2D eigenvalue weighted by Gasteiger charge is -2.26. The van der Waals surface area contributed by atoms with E-state index >= 15 is 0 Å². The average molecular weight is 227 g/mol. The Bertz CT molecular complexity index is 249. The Morgan fingerprint density at radius 1 is 1.31 bits per heavy atom. The van der Waals surface area contributed by atoms with Crippen LogP contribution in [0.2, 0.25) is 0 Å². The van der Waals surface area contributed by atoms with Crippen molar-refractivity contribution in [2.75, 3.05) is 6.54 Å². The third-order valence-corrected chi connectivity index (χ3v) is 3.64. The zero-order valence-corrected chi connectivity index (χ0v) is 9.82. The number of nitrogens with one attached hydrogen (secondary N) is 1. The van der Waals surface area contributed by atoms with E-state index in [4.69, 9.17) is 4.74 Å². The number of β-amino-alcohol motifs (C(OH)–C–C–N with tert-alkyl or cyclic N) is 1. The first-order chi connectivity index (χ1) is 7.65. The molecular weight excluding hydrogens is 206 g/mol. The zero-order chi connectivity index (χ0) is 11.5. The van der Waals surface area contributed by atoms with E-state index in [9.17, 15) is 9.90 Å². The van der Waals surface area contributed by atoms with E-state index in [-0.39, 0.29) is 18.1 Å². The van der Waals surface area contributed by atoms with Gasteiger partial charge in [0.15, 0.2) is 0 Å². The molecule has 2 unspecified atom stereocenters. The third kappa shape index (κ3) is 2.95. The predicted octanol–water partition coefficient (Wildman–Crippen LogP) is 0.831. The van der Waals surface area contributed by atoms with Crippen LogP contribution in [-0.4, -0.2) is 35.9 Å². The molecule has 4 heteroatoms. The molecule has 2 N–H and O–H groups in total. The maximum atomic E-state index is 11.7. The zero-order valence-electron chi connectivity index (χ0n) is 9.82. The predicted molar refractivity (Wildman–Crippen MR) is 59.9 cm³/mol. The van der Waals surface area contributed by atoms with Crippen molar-refractivity contribution in [2.45, 2.75) is 57.3 Å². The molecule has 1 aliphatic heterocycles. The van der Waals surface area contributed by atoms with Gasteiger partial charge in [-0.3, -0.25) is 4.79 Å². The van der Waals surface area contributed by atoms with Crippen LogP contribution >= 0.6 is 0 Å². The van der Waals surface area contributed by atoms with Crippen molar-refractivity contribution in [3.05, 3.63) is 0 Å². The van der Waals surface area contributed by atoms with Gasteiger partial charge in [-0.25, -0.2) is 0 Å². The van der Waals surface area contributed by atoms with Crippen molar-refractivity contribution < 1.29 is 14.6 Å². The average Bonchev–Trinajstić information content (AvgIpc) is 2.68. The van der Waals surface area contributed by atoms with Gasteiger partial charge in [-0.2, -0.15) is 0 Å². The number of hydrogen-bond acceptors (Lipinski definition) is 4. The van der Waals surface area contributed by atoms with Crippen molar-refractivity contribution in [1.82, 2.24) is 5.32 Å². The lowest BCUT2D eigenvalue weighted by Crippen LogP contribution is -2.36. The summed E-state index contributed by atoms with van der Waals surface area (Å²) in [5, 5.41) is 12.3. The first-order valence-corrected chi connectivity index (χ1v) is 6.27. The molecule has 1 aliphatic carbocycles. The maximum absolute atomic E-state index is 11.7. The molecule has 2 fully saturated rings. The maximum Gasteiger partial charge on any atom is 0.323 e. The Hall–Kier alpha value is -0.610. The monoisotopic (exact) mass is 227 g/mol. The summed E-state index contributed by atoms with van der Waals surface area (Å²) in [5.74, 6) is 0.581. The van der Waals surface area contributed by atoms with Gasteiger partial charge in [0.25, 0.3) is 0 Å². The van der Waals surface area contributed by atoms with Crippen molar-refractivity contribution in [3.63, 3.8) is 0 Å². The summed E-state index contributed by atoms with van der Waals surface area (Å²) in [6.07, 6.45) is 4.47. The first-order valence-electron chi connectivity index (χ1n) is 6.27. The molecule has 92 valence electrons. The van der Waals surface area contributed by atoms with Gasteiger partial charge in [0.2, 0.25) is 0 Å². The number of carbonyl (C=O) groups excluding carboxylic acids is 1. The van der Waals surface area contributed by atoms with E-state index in [0.29, 0.717) is 13.0 Å². The molecule has 2 rings (SSSR count). The van der Waals surface area contributed by atoms with Crippen LogP contribution in [0, 0.1) is 5.92 Å². The Labute approximate surface area is 96.4 Å². The topological polar surface area (TPSA) is 58.6 Å². The number of carbonyl (C=O) groups is 1. The van der Waals surface area contributed by atoms with Gasteiger partial charge in [-0.1, -0.05) is 6.92 Å². The van der Waals surface area contributed by atoms with E-state index < -0.39 is 6.10 Å². The minimum Gasteiger partial charge on any atom is -0.461 e. The molecule has 1 saturated heterocycles.